The van der Waals surface area contributed by atoms with Crippen LogP contribution in [0.5, 0.6) is 5.75 Å². The molecule has 1 heterocycles. The molecule has 0 aliphatic carbocycles. The average molecular weight is 501 g/mol. The Hall–Kier alpha value is -2.30. The van der Waals surface area contributed by atoms with Crippen molar-refractivity contribution in [1.29, 1.82) is 0 Å². The second-order valence-electron chi connectivity index (χ2n) is 8.14. The zero-order chi connectivity index (χ0) is 24.2. The third-order valence-corrected chi connectivity index (χ3v) is 8.07. The topological polar surface area (TPSA) is 58.6 Å². The largest absolute Gasteiger partial charge is 0.573 e. The number of hydrogen-bond donors (Lipinski definition) is 1. The molecule has 10 heteroatoms. The van der Waals surface area contributed by atoms with Crippen LogP contribution in [0.25, 0.3) is 10.1 Å². The molecule has 0 spiro atoms. The van der Waals surface area contributed by atoms with Gasteiger partial charge in [-0.1, -0.05) is 44.2 Å². The first kappa shape index (κ1) is 25.3. The lowest BCUT2D eigenvalue weighted by Gasteiger charge is -2.24. The van der Waals surface area contributed by atoms with Crippen molar-refractivity contribution in [2.45, 2.75) is 33.7 Å². The first-order chi connectivity index (χ1) is 15.5. The predicted molar refractivity (Wildman–Crippen MR) is 127 cm³/mol. The summed E-state index contributed by atoms with van der Waals surface area (Å²) in [5.41, 5.74) is 1.41. The standard InChI is InChI=1S/C23H27F3N2O3S2/c1-16(2)14-27-12-13-33(29,30)28(22-17(3)20-6-4-5-7-21(20)32-22)15-18-8-10-19(11-9-18)31-23(24,25)26/h4-11,16,27H,12-15H2,1-3H3. The Labute approximate surface area is 196 Å². The molecular formula is C23H27F3N2O3S2. The fraction of sp³-hybridized carbons (Fsp3) is 0.391. The Morgan fingerprint density at radius 3 is 2.36 bits per heavy atom. The summed E-state index contributed by atoms with van der Waals surface area (Å²) in [6, 6.07) is 13.0. The molecule has 180 valence electrons. The Morgan fingerprint density at radius 2 is 1.76 bits per heavy atom. The van der Waals surface area contributed by atoms with E-state index >= 15 is 0 Å². The van der Waals surface area contributed by atoms with Gasteiger partial charge in [0.1, 0.15) is 10.8 Å². The van der Waals surface area contributed by atoms with Crippen LogP contribution in [-0.4, -0.2) is 33.6 Å². The van der Waals surface area contributed by atoms with Crippen molar-refractivity contribution in [3.63, 3.8) is 0 Å². The van der Waals surface area contributed by atoms with Crippen molar-refractivity contribution < 1.29 is 26.3 Å². The van der Waals surface area contributed by atoms with Gasteiger partial charge in [0.25, 0.3) is 0 Å². The molecule has 0 bridgehead atoms. The smallest absolute Gasteiger partial charge is 0.406 e. The number of nitrogens with one attached hydrogen (secondary N) is 1. The number of sulfonamides is 1. The summed E-state index contributed by atoms with van der Waals surface area (Å²) < 4.78 is 70.4. The molecule has 33 heavy (non-hydrogen) atoms. The lowest BCUT2D eigenvalue weighted by atomic mass is 10.2. The van der Waals surface area contributed by atoms with Crippen molar-refractivity contribution in [3.05, 3.63) is 59.7 Å². The van der Waals surface area contributed by atoms with Gasteiger partial charge < -0.3 is 10.1 Å². The van der Waals surface area contributed by atoms with Crippen molar-refractivity contribution in [2.75, 3.05) is 23.1 Å². The number of fused-ring (bicyclic) bond motifs is 1. The second-order valence-corrected chi connectivity index (χ2v) is 11.2. The maximum Gasteiger partial charge on any atom is 0.573 e. The summed E-state index contributed by atoms with van der Waals surface area (Å²) >= 11 is 1.39. The molecule has 5 nitrogen and oxygen atoms in total. The quantitative estimate of drug-likeness (QED) is 0.364. The number of aryl methyl sites for hydroxylation is 1. The highest BCUT2D eigenvalue weighted by Gasteiger charge is 2.31. The monoisotopic (exact) mass is 500 g/mol. The van der Waals surface area contributed by atoms with E-state index in [1.165, 1.54) is 39.9 Å². The zero-order valence-electron chi connectivity index (χ0n) is 18.6. The third-order valence-electron chi connectivity index (χ3n) is 4.95. The van der Waals surface area contributed by atoms with E-state index in [9.17, 15) is 21.6 Å². The fourth-order valence-corrected chi connectivity index (χ4v) is 6.29. The number of ether oxygens (including phenoxy) is 1. The van der Waals surface area contributed by atoms with Gasteiger partial charge in [-0.15, -0.1) is 24.5 Å². The van der Waals surface area contributed by atoms with E-state index in [4.69, 9.17) is 0 Å². The summed E-state index contributed by atoms with van der Waals surface area (Å²) in [4.78, 5) is 0. The van der Waals surface area contributed by atoms with Gasteiger partial charge in [-0.25, -0.2) is 8.42 Å². The average Bonchev–Trinajstić information content (AvgIpc) is 3.06. The molecule has 0 saturated heterocycles. The summed E-state index contributed by atoms with van der Waals surface area (Å²) in [5.74, 6) is -0.0504. The Morgan fingerprint density at radius 1 is 1.09 bits per heavy atom. The van der Waals surface area contributed by atoms with Crippen LogP contribution in [-0.2, 0) is 16.6 Å². The molecule has 1 N–H and O–H groups in total. The summed E-state index contributed by atoms with van der Waals surface area (Å²) in [6.07, 6.45) is -4.78. The molecule has 0 fully saturated rings. The maximum absolute atomic E-state index is 13.4. The van der Waals surface area contributed by atoms with Crippen LogP contribution >= 0.6 is 11.3 Å². The van der Waals surface area contributed by atoms with Crippen LogP contribution in [0.1, 0.15) is 25.0 Å². The molecule has 0 saturated carbocycles. The van der Waals surface area contributed by atoms with Crippen LogP contribution in [0, 0.1) is 12.8 Å². The fourth-order valence-electron chi connectivity index (χ4n) is 3.36. The van der Waals surface area contributed by atoms with Gasteiger partial charge in [0, 0.05) is 11.2 Å². The summed E-state index contributed by atoms with van der Waals surface area (Å²) in [7, 11) is -3.71. The number of rotatable bonds is 10. The third kappa shape index (κ3) is 6.84. The van der Waals surface area contributed by atoms with E-state index in [2.05, 4.69) is 10.1 Å². The van der Waals surface area contributed by atoms with Gasteiger partial charge in [-0.2, -0.15) is 0 Å². The van der Waals surface area contributed by atoms with Crippen molar-refractivity contribution in [3.8, 4) is 5.75 Å². The van der Waals surface area contributed by atoms with E-state index in [-0.39, 0.29) is 18.0 Å². The van der Waals surface area contributed by atoms with E-state index in [1.807, 2.05) is 45.0 Å². The lowest BCUT2D eigenvalue weighted by Crippen LogP contribution is -2.36. The summed E-state index contributed by atoms with van der Waals surface area (Å²) in [5, 5.41) is 4.74. The van der Waals surface area contributed by atoms with Crippen molar-refractivity contribution in [1.82, 2.24) is 5.32 Å². The van der Waals surface area contributed by atoms with Crippen LogP contribution in [0.2, 0.25) is 0 Å². The summed E-state index contributed by atoms with van der Waals surface area (Å²) in [6.45, 7) is 6.99. The van der Waals surface area contributed by atoms with Gasteiger partial charge in [-0.3, -0.25) is 4.31 Å². The molecule has 0 amide bonds. The predicted octanol–water partition coefficient (Wildman–Crippen LogP) is 5.69. The molecule has 0 aliphatic rings. The molecule has 0 aliphatic heterocycles. The highest BCUT2D eigenvalue weighted by atomic mass is 32.2. The minimum absolute atomic E-state index is 0.00642. The second kappa shape index (κ2) is 10.3. The number of halogens is 3. The lowest BCUT2D eigenvalue weighted by molar-refractivity contribution is -0.274. The highest BCUT2D eigenvalue weighted by Crippen LogP contribution is 2.39. The van der Waals surface area contributed by atoms with Gasteiger partial charge in [0.2, 0.25) is 10.0 Å². The minimum Gasteiger partial charge on any atom is -0.406 e. The molecule has 3 rings (SSSR count). The van der Waals surface area contributed by atoms with Gasteiger partial charge in [0.05, 0.1) is 12.3 Å². The Bertz CT molecular complexity index is 1170. The first-order valence-electron chi connectivity index (χ1n) is 10.5. The molecule has 2 aromatic carbocycles. The van der Waals surface area contributed by atoms with E-state index in [0.717, 1.165) is 15.6 Å². The van der Waals surface area contributed by atoms with Crippen molar-refractivity contribution >= 4 is 36.4 Å². The normalized spacial score (nSPS) is 12.5. The maximum atomic E-state index is 13.4. The minimum atomic E-state index is -4.78. The van der Waals surface area contributed by atoms with Crippen LogP contribution in [0.3, 0.4) is 0 Å². The number of hydrogen-bond acceptors (Lipinski definition) is 5. The van der Waals surface area contributed by atoms with E-state index in [0.29, 0.717) is 29.6 Å². The van der Waals surface area contributed by atoms with Crippen LogP contribution < -0.4 is 14.4 Å². The van der Waals surface area contributed by atoms with Crippen LogP contribution in [0.4, 0.5) is 18.2 Å². The molecule has 0 radical (unpaired) electrons. The first-order valence-corrected chi connectivity index (χ1v) is 12.9. The van der Waals surface area contributed by atoms with Crippen LogP contribution in [0.15, 0.2) is 48.5 Å². The highest BCUT2D eigenvalue weighted by molar-refractivity contribution is 7.93. The zero-order valence-corrected chi connectivity index (χ0v) is 20.3. The van der Waals surface area contributed by atoms with Crippen molar-refractivity contribution in [2.24, 2.45) is 5.92 Å². The molecule has 0 atom stereocenters. The molecular weight excluding hydrogens is 473 g/mol. The van der Waals surface area contributed by atoms with Gasteiger partial charge in [0.15, 0.2) is 0 Å². The number of nitrogens with zero attached hydrogens (tertiary/aromatic N) is 1. The number of thiophene rings is 1. The Balaban J connectivity index is 1.90. The number of benzene rings is 2. The number of anilines is 1. The molecule has 0 unspecified atom stereocenters. The Kier molecular flexibility index (Phi) is 7.92. The van der Waals surface area contributed by atoms with E-state index < -0.39 is 16.4 Å². The number of alkyl halides is 3. The van der Waals surface area contributed by atoms with Gasteiger partial charge in [-0.05, 0) is 54.1 Å². The SMILES string of the molecule is Cc1c(N(Cc2ccc(OC(F)(F)F)cc2)S(=O)(=O)CCNCC(C)C)sc2ccccc12. The van der Waals surface area contributed by atoms with E-state index in [1.54, 1.807) is 0 Å². The van der Waals surface area contributed by atoms with Gasteiger partial charge >= 0.3 is 6.36 Å². The molecule has 1 aromatic heterocycles. The molecule has 3 aromatic rings.